The van der Waals surface area contributed by atoms with Crippen molar-refractivity contribution in [1.29, 1.82) is 0 Å². The van der Waals surface area contributed by atoms with E-state index in [0.29, 0.717) is 0 Å². The lowest BCUT2D eigenvalue weighted by atomic mass is 9.82. The number of carbonyl (C=O) groups is 1. The highest BCUT2D eigenvalue weighted by atomic mass is 16.6. The summed E-state index contributed by atoms with van der Waals surface area (Å²) in [5.41, 5.74) is 0.924. The first-order valence-corrected chi connectivity index (χ1v) is 8.48. The van der Waals surface area contributed by atoms with Gasteiger partial charge in [0.05, 0.1) is 0 Å². The second-order valence-electron chi connectivity index (χ2n) is 6.88. The molecule has 114 valence electrons. The Morgan fingerprint density at radius 2 is 1.55 bits per heavy atom. The van der Waals surface area contributed by atoms with Crippen LogP contribution in [0.3, 0.4) is 0 Å². The smallest absolute Gasteiger partial charge is 0.333 e. The quantitative estimate of drug-likeness (QED) is 0.512. The molecule has 2 rings (SSSR count). The van der Waals surface area contributed by atoms with E-state index in [1.165, 1.54) is 38.5 Å². The molecule has 2 heteroatoms. The maximum Gasteiger partial charge on any atom is 0.333 e. The Bertz CT molecular complexity index is 369. The van der Waals surface area contributed by atoms with Gasteiger partial charge in [-0.25, -0.2) is 4.79 Å². The summed E-state index contributed by atoms with van der Waals surface area (Å²) >= 11 is 0. The van der Waals surface area contributed by atoms with E-state index in [-0.39, 0.29) is 17.0 Å². The third-order valence-corrected chi connectivity index (χ3v) is 5.62. The lowest BCUT2D eigenvalue weighted by molar-refractivity contribution is -0.154. The molecular weight excluding hydrogens is 248 g/mol. The fraction of sp³-hybridized carbons (Fsp3) is 0.833. The SMILES string of the molecule is CCC1(C=C(C)C(=O)OC2(CC)CCCC2)CCCC1. The van der Waals surface area contributed by atoms with E-state index >= 15 is 0 Å². The van der Waals surface area contributed by atoms with Crippen molar-refractivity contribution >= 4 is 5.97 Å². The largest absolute Gasteiger partial charge is 0.456 e. The predicted octanol–water partition coefficient (Wildman–Crippen LogP) is 5.17. The van der Waals surface area contributed by atoms with E-state index in [0.717, 1.165) is 31.3 Å². The molecular formula is C18H30O2. The Morgan fingerprint density at radius 3 is 2.05 bits per heavy atom. The van der Waals surface area contributed by atoms with Crippen LogP contribution in [0.25, 0.3) is 0 Å². The Labute approximate surface area is 124 Å². The van der Waals surface area contributed by atoms with Gasteiger partial charge in [0.1, 0.15) is 5.60 Å². The van der Waals surface area contributed by atoms with E-state index in [1.807, 2.05) is 6.92 Å². The molecule has 2 fully saturated rings. The standard InChI is InChI=1S/C18H30O2/c1-4-17(10-6-7-11-17)14-15(3)16(19)20-18(5-2)12-8-9-13-18/h14H,4-13H2,1-3H3. The first-order valence-electron chi connectivity index (χ1n) is 8.48. The fourth-order valence-corrected chi connectivity index (χ4v) is 4.02. The summed E-state index contributed by atoms with van der Waals surface area (Å²) in [5, 5.41) is 0. The van der Waals surface area contributed by atoms with Crippen LogP contribution in [0.4, 0.5) is 0 Å². The first kappa shape index (κ1) is 15.6. The molecule has 0 aliphatic heterocycles. The van der Waals surface area contributed by atoms with Crippen LogP contribution in [0.5, 0.6) is 0 Å². The van der Waals surface area contributed by atoms with Crippen LogP contribution in [-0.4, -0.2) is 11.6 Å². The molecule has 20 heavy (non-hydrogen) atoms. The van der Waals surface area contributed by atoms with Crippen LogP contribution < -0.4 is 0 Å². The molecule has 0 bridgehead atoms. The van der Waals surface area contributed by atoms with Gasteiger partial charge in [-0.15, -0.1) is 0 Å². The van der Waals surface area contributed by atoms with Gasteiger partial charge in [0.25, 0.3) is 0 Å². The lowest BCUT2D eigenvalue weighted by Crippen LogP contribution is -2.31. The molecule has 2 aliphatic carbocycles. The second-order valence-corrected chi connectivity index (χ2v) is 6.88. The van der Waals surface area contributed by atoms with Crippen molar-refractivity contribution < 1.29 is 9.53 Å². The van der Waals surface area contributed by atoms with E-state index in [4.69, 9.17) is 4.74 Å². The van der Waals surface area contributed by atoms with Crippen LogP contribution in [0, 0.1) is 5.41 Å². The fourth-order valence-electron chi connectivity index (χ4n) is 4.02. The van der Waals surface area contributed by atoms with Crippen molar-refractivity contribution in [2.24, 2.45) is 5.41 Å². The average Bonchev–Trinajstić information content (AvgIpc) is 3.09. The lowest BCUT2D eigenvalue weighted by Gasteiger charge is -2.29. The van der Waals surface area contributed by atoms with E-state index in [9.17, 15) is 4.79 Å². The van der Waals surface area contributed by atoms with Gasteiger partial charge >= 0.3 is 5.97 Å². The molecule has 0 aromatic carbocycles. The summed E-state index contributed by atoms with van der Waals surface area (Å²) < 4.78 is 5.90. The highest BCUT2D eigenvalue weighted by molar-refractivity contribution is 5.88. The second kappa shape index (κ2) is 6.32. The maximum atomic E-state index is 12.4. The molecule has 0 aromatic heterocycles. The molecule has 0 aromatic rings. The highest BCUT2D eigenvalue weighted by Crippen LogP contribution is 2.43. The number of hydrogen-bond donors (Lipinski definition) is 0. The Balaban J connectivity index is 2.04. The molecule has 2 saturated carbocycles. The number of ether oxygens (including phenoxy) is 1. The summed E-state index contributed by atoms with van der Waals surface area (Å²) in [6.45, 7) is 6.32. The van der Waals surface area contributed by atoms with Gasteiger partial charge in [-0.3, -0.25) is 0 Å². The van der Waals surface area contributed by atoms with Crippen LogP contribution in [0.1, 0.15) is 85.0 Å². The van der Waals surface area contributed by atoms with Gasteiger partial charge in [-0.1, -0.05) is 32.8 Å². The number of carbonyl (C=O) groups excluding carboxylic acids is 1. The van der Waals surface area contributed by atoms with Crippen LogP contribution in [0.2, 0.25) is 0 Å². The topological polar surface area (TPSA) is 26.3 Å². The Hall–Kier alpha value is -0.790. The van der Waals surface area contributed by atoms with Crippen molar-refractivity contribution in [1.82, 2.24) is 0 Å². The number of hydrogen-bond acceptors (Lipinski definition) is 2. The summed E-state index contributed by atoms with van der Waals surface area (Å²) in [6, 6.07) is 0. The number of esters is 1. The minimum absolute atomic E-state index is 0.0755. The van der Waals surface area contributed by atoms with Crippen LogP contribution in [0.15, 0.2) is 11.6 Å². The molecule has 2 aliphatic rings. The monoisotopic (exact) mass is 278 g/mol. The van der Waals surface area contributed by atoms with Gasteiger partial charge in [-0.2, -0.15) is 0 Å². The normalized spacial score (nSPS) is 24.9. The Kier molecular flexibility index (Phi) is 4.93. The maximum absolute atomic E-state index is 12.4. The van der Waals surface area contributed by atoms with Gasteiger partial charge < -0.3 is 4.74 Å². The van der Waals surface area contributed by atoms with Crippen LogP contribution >= 0.6 is 0 Å². The predicted molar refractivity (Wildman–Crippen MR) is 82.5 cm³/mol. The summed E-state index contributed by atoms with van der Waals surface area (Å²) in [4.78, 5) is 12.4. The zero-order valence-corrected chi connectivity index (χ0v) is 13.5. The summed E-state index contributed by atoms with van der Waals surface area (Å²) in [5.74, 6) is -0.0755. The van der Waals surface area contributed by atoms with Crippen molar-refractivity contribution in [3.8, 4) is 0 Å². The van der Waals surface area contributed by atoms with Crippen molar-refractivity contribution in [3.05, 3.63) is 11.6 Å². The highest BCUT2D eigenvalue weighted by Gasteiger charge is 2.37. The van der Waals surface area contributed by atoms with Crippen molar-refractivity contribution in [2.75, 3.05) is 0 Å². The minimum atomic E-state index is -0.165. The number of rotatable bonds is 5. The van der Waals surface area contributed by atoms with Gasteiger partial charge in [0, 0.05) is 5.57 Å². The summed E-state index contributed by atoms with van der Waals surface area (Å²) in [6.07, 6.45) is 13.8. The molecule has 0 atom stereocenters. The molecule has 0 heterocycles. The molecule has 0 saturated heterocycles. The van der Waals surface area contributed by atoms with E-state index in [1.54, 1.807) is 0 Å². The Morgan fingerprint density at radius 1 is 1.00 bits per heavy atom. The molecule has 0 spiro atoms. The van der Waals surface area contributed by atoms with Gasteiger partial charge in [-0.05, 0) is 63.7 Å². The van der Waals surface area contributed by atoms with Crippen molar-refractivity contribution in [2.45, 2.75) is 90.6 Å². The third-order valence-electron chi connectivity index (χ3n) is 5.62. The minimum Gasteiger partial charge on any atom is -0.456 e. The van der Waals surface area contributed by atoms with Crippen molar-refractivity contribution in [3.63, 3.8) is 0 Å². The van der Waals surface area contributed by atoms with Gasteiger partial charge in [0.2, 0.25) is 0 Å². The zero-order valence-electron chi connectivity index (χ0n) is 13.5. The van der Waals surface area contributed by atoms with E-state index < -0.39 is 0 Å². The summed E-state index contributed by atoms with van der Waals surface area (Å²) in [7, 11) is 0. The molecule has 0 unspecified atom stereocenters. The molecule has 0 radical (unpaired) electrons. The number of allylic oxidation sites excluding steroid dienone is 1. The molecule has 0 N–H and O–H groups in total. The average molecular weight is 278 g/mol. The zero-order chi connectivity index (χ0) is 14.6. The van der Waals surface area contributed by atoms with Crippen LogP contribution in [-0.2, 0) is 9.53 Å². The third kappa shape index (κ3) is 3.27. The first-order chi connectivity index (χ1) is 9.55. The van der Waals surface area contributed by atoms with E-state index in [2.05, 4.69) is 19.9 Å². The van der Waals surface area contributed by atoms with Gasteiger partial charge in [0.15, 0.2) is 0 Å². The molecule has 2 nitrogen and oxygen atoms in total. The molecule has 0 amide bonds.